The summed E-state index contributed by atoms with van der Waals surface area (Å²) in [5, 5.41) is 2.19. The molecular weight excluding hydrogens is 242 g/mol. The Bertz CT molecular complexity index is 546. The number of pyridine rings is 1. The minimum absolute atomic E-state index is 0.0406. The van der Waals surface area contributed by atoms with Gasteiger partial charge in [-0.15, -0.1) is 0 Å². The van der Waals surface area contributed by atoms with Crippen LogP contribution in [0.5, 0.6) is 0 Å². The molecular formula is C14H19N3S. The number of rotatable bonds is 3. The second-order valence-corrected chi connectivity index (χ2v) is 6.20. The quantitative estimate of drug-likeness (QED) is 0.655. The van der Waals surface area contributed by atoms with Crippen LogP contribution in [0, 0.1) is 6.92 Å². The number of aryl methyl sites for hydroxylation is 1. The molecule has 0 saturated carbocycles. The van der Waals surface area contributed by atoms with Crippen LogP contribution in [0.3, 0.4) is 0 Å². The molecule has 0 aliphatic carbocycles. The largest absolute Gasteiger partial charge is 0.242 e. The van der Waals surface area contributed by atoms with Gasteiger partial charge < -0.3 is 0 Å². The Morgan fingerprint density at radius 3 is 2.61 bits per heavy atom. The van der Waals surface area contributed by atoms with E-state index >= 15 is 0 Å². The molecule has 3 nitrogen and oxygen atoms in total. The smallest absolute Gasteiger partial charge is 0.113 e. The molecule has 0 fully saturated rings. The molecule has 0 saturated heterocycles. The van der Waals surface area contributed by atoms with Gasteiger partial charge in [-0.05, 0) is 57.3 Å². The van der Waals surface area contributed by atoms with Crippen LogP contribution >= 0.6 is 11.9 Å². The van der Waals surface area contributed by atoms with Crippen LogP contribution in [0.1, 0.15) is 26.3 Å². The molecule has 0 amide bonds. The zero-order valence-corrected chi connectivity index (χ0v) is 12.1. The molecule has 0 aliphatic rings. The standard InChI is InChI=1S/C14H19N3S/c1-10-9-13(18-17-16-14(2,3)4)15-12-8-6-5-7-11(10)12/h5-9,16-17H,1-4H3. The van der Waals surface area contributed by atoms with Gasteiger partial charge in [-0.3, -0.25) is 0 Å². The predicted octanol–water partition coefficient (Wildman–Crippen LogP) is 3.44. The van der Waals surface area contributed by atoms with Crippen LogP contribution < -0.4 is 10.3 Å². The van der Waals surface area contributed by atoms with Gasteiger partial charge in [0.05, 0.1) is 5.52 Å². The van der Waals surface area contributed by atoms with E-state index in [0.29, 0.717) is 0 Å². The van der Waals surface area contributed by atoms with Crippen molar-refractivity contribution in [3.8, 4) is 0 Å². The Kier molecular flexibility index (Phi) is 3.90. The zero-order chi connectivity index (χ0) is 13.2. The van der Waals surface area contributed by atoms with Crippen molar-refractivity contribution in [2.45, 2.75) is 38.3 Å². The Labute approximate surface area is 112 Å². The molecule has 1 aromatic carbocycles. The predicted molar refractivity (Wildman–Crippen MR) is 78.4 cm³/mol. The molecule has 2 aromatic rings. The summed E-state index contributed by atoms with van der Waals surface area (Å²) in [6.07, 6.45) is 0. The fourth-order valence-electron chi connectivity index (χ4n) is 1.60. The average Bonchev–Trinajstić information content (AvgIpc) is 2.27. The SMILES string of the molecule is Cc1cc(SNNC(C)(C)C)nc2ccccc12. The Morgan fingerprint density at radius 2 is 1.89 bits per heavy atom. The number of para-hydroxylation sites is 1. The van der Waals surface area contributed by atoms with Crippen molar-refractivity contribution < 1.29 is 0 Å². The van der Waals surface area contributed by atoms with Crippen molar-refractivity contribution in [3.05, 3.63) is 35.9 Å². The van der Waals surface area contributed by atoms with Gasteiger partial charge in [-0.25, -0.2) is 10.4 Å². The molecule has 0 atom stereocenters. The molecule has 2 N–H and O–H groups in total. The van der Waals surface area contributed by atoms with Crippen molar-refractivity contribution in [2.75, 3.05) is 0 Å². The van der Waals surface area contributed by atoms with Gasteiger partial charge in [0.15, 0.2) is 0 Å². The van der Waals surface area contributed by atoms with E-state index in [-0.39, 0.29) is 5.54 Å². The van der Waals surface area contributed by atoms with Gasteiger partial charge in [-0.2, -0.15) is 4.83 Å². The first-order valence-electron chi connectivity index (χ1n) is 6.01. The number of hydrogen-bond acceptors (Lipinski definition) is 4. The second kappa shape index (κ2) is 5.26. The third-order valence-corrected chi connectivity index (χ3v) is 3.10. The summed E-state index contributed by atoms with van der Waals surface area (Å²) in [5.74, 6) is 0. The first-order valence-corrected chi connectivity index (χ1v) is 6.83. The maximum Gasteiger partial charge on any atom is 0.113 e. The van der Waals surface area contributed by atoms with Gasteiger partial charge in [0.25, 0.3) is 0 Å². The molecule has 1 heterocycles. The summed E-state index contributed by atoms with van der Waals surface area (Å²) in [7, 11) is 0. The molecule has 0 radical (unpaired) electrons. The molecule has 0 unspecified atom stereocenters. The van der Waals surface area contributed by atoms with E-state index in [1.165, 1.54) is 22.9 Å². The van der Waals surface area contributed by atoms with Crippen LogP contribution in [0.25, 0.3) is 10.9 Å². The number of hydrogen-bond donors (Lipinski definition) is 2. The minimum atomic E-state index is 0.0406. The highest BCUT2D eigenvalue weighted by Crippen LogP contribution is 2.21. The Morgan fingerprint density at radius 1 is 1.17 bits per heavy atom. The summed E-state index contributed by atoms with van der Waals surface area (Å²) >= 11 is 1.50. The highest BCUT2D eigenvalue weighted by molar-refractivity contribution is 7.97. The third kappa shape index (κ3) is 3.45. The number of nitrogens with zero attached hydrogens (tertiary/aromatic N) is 1. The zero-order valence-electron chi connectivity index (χ0n) is 11.2. The summed E-state index contributed by atoms with van der Waals surface area (Å²) in [6, 6.07) is 10.3. The van der Waals surface area contributed by atoms with Gasteiger partial charge >= 0.3 is 0 Å². The lowest BCUT2D eigenvalue weighted by atomic mass is 10.1. The van der Waals surface area contributed by atoms with Crippen LogP contribution in [-0.4, -0.2) is 10.5 Å². The maximum atomic E-state index is 4.62. The molecule has 96 valence electrons. The van der Waals surface area contributed by atoms with Gasteiger partial charge in [0, 0.05) is 10.9 Å². The van der Waals surface area contributed by atoms with E-state index < -0.39 is 0 Å². The van der Waals surface area contributed by atoms with Crippen LogP contribution in [-0.2, 0) is 0 Å². The third-order valence-electron chi connectivity index (χ3n) is 2.48. The van der Waals surface area contributed by atoms with Crippen molar-refractivity contribution in [1.29, 1.82) is 0 Å². The molecule has 0 bridgehead atoms. The Balaban J connectivity index is 2.15. The van der Waals surface area contributed by atoms with Crippen LogP contribution in [0.15, 0.2) is 35.4 Å². The van der Waals surface area contributed by atoms with Crippen LogP contribution in [0.4, 0.5) is 0 Å². The molecule has 18 heavy (non-hydrogen) atoms. The fraction of sp³-hybridized carbons (Fsp3) is 0.357. The molecule has 0 aliphatic heterocycles. The van der Waals surface area contributed by atoms with Gasteiger partial charge in [0.1, 0.15) is 5.03 Å². The number of fused-ring (bicyclic) bond motifs is 1. The van der Waals surface area contributed by atoms with Crippen molar-refractivity contribution in [1.82, 2.24) is 15.2 Å². The lowest BCUT2D eigenvalue weighted by molar-refractivity contribution is 0.416. The van der Waals surface area contributed by atoms with Crippen LogP contribution in [0.2, 0.25) is 0 Å². The van der Waals surface area contributed by atoms with E-state index in [1.807, 2.05) is 18.2 Å². The average molecular weight is 261 g/mol. The van der Waals surface area contributed by atoms with Crippen molar-refractivity contribution in [3.63, 3.8) is 0 Å². The highest BCUT2D eigenvalue weighted by Gasteiger charge is 2.08. The normalized spacial score (nSPS) is 12.0. The van der Waals surface area contributed by atoms with Gasteiger partial charge in [-0.1, -0.05) is 18.2 Å². The lowest BCUT2D eigenvalue weighted by Crippen LogP contribution is -2.42. The van der Waals surface area contributed by atoms with E-state index in [1.54, 1.807) is 0 Å². The number of benzene rings is 1. The van der Waals surface area contributed by atoms with E-state index in [2.05, 4.69) is 55.1 Å². The molecule has 2 rings (SSSR count). The van der Waals surface area contributed by atoms with Gasteiger partial charge in [0.2, 0.25) is 0 Å². The van der Waals surface area contributed by atoms with E-state index in [4.69, 9.17) is 0 Å². The van der Waals surface area contributed by atoms with Crippen molar-refractivity contribution >= 4 is 22.9 Å². The Hall–Kier alpha value is -1.10. The van der Waals surface area contributed by atoms with E-state index in [0.717, 1.165) is 10.5 Å². The number of hydrazine groups is 1. The maximum absolute atomic E-state index is 4.62. The summed E-state index contributed by atoms with van der Waals surface area (Å²) < 4.78 is 0. The summed E-state index contributed by atoms with van der Waals surface area (Å²) in [5.41, 5.74) is 5.54. The molecule has 0 spiro atoms. The fourth-order valence-corrected chi connectivity index (χ4v) is 2.44. The first-order chi connectivity index (χ1) is 8.46. The number of nitrogens with one attached hydrogen (secondary N) is 2. The van der Waals surface area contributed by atoms with E-state index in [9.17, 15) is 0 Å². The minimum Gasteiger partial charge on any atom is -0.242 e. The second-order valence-electron chi connectivity index (χ2n) is 5.37. The first kappa shape index (κ1) is 13.3. The summed E-state index contributed by atoms with van der Waals surface area (Å²) in [4.78, 5) is 7.75. The monoisotopic (exact) mass is 261 g/mol. The van der Waals surface area contributed by atoms with Crippen molar-refractivity contribution in [2.24, 2.45) is 0 Å². The molecule has 1 aromatic heterocycles. The summed E-state index contributed by atoms with van der Waals surface area (Å²) in [6.45, 7) is 8.45. The highest BCUT2D eigenvalue weighted by atomic mass is 32.2. The lowest BCUT2D eigenvalue weighted by Gasteiger charge is -2.20. The molecule has 4 heteroatoms. The number of aromatic nitrogens is 1. The topological polar surface area (TPSA) is 37.0 Å².